The van der Waals surface area contributed by atoms with Gasteiger partial charge in [-0.25, -0.2) is 14.8 Å². The van der Waals surface area contributed by atoms with Gasteiger partial charge in [-0.15, -0.1) is 0 Å². The van der Waals surface area contributed by atoms with Crippen molar-refractivity contribution in [2.75, 3.05) is 49.6 Å². The molecule has 11 nitrogen and oxygen atoms in total. The number of amides is 1. The molecular formula is C31H41N7O4. The Morgan fingerprint density at radius 1 is 1.07 bits per heavy atom. The molecule has 1 N–H and O–H groups in total. The summed E-state index contributed by atoms with van der Waals surface area (Å²) >= 11 is 0. The number of unbranched alkanes of at least 4 members (excludes halogenated alkanes) is 1. The first-order valence-electron chi connectivity index (χ1n) is 15.0. The number of aryl methyl sites for hydroxylation is 1. The molecule has 1 aliphatic heterocycles. The predicted octanol–water partition coefficient (Wildman–Crippen LogP) is 5.42. The van der Waals surface area contributed by atoms with Crippen molar-refractivity contribution in [1.29, 1.82) is 0 Å². The van der Waals surface area contributed by atoms with E-state index in [2.05, 4.69) is 33.7 Å². The molecule has 2 fully saturated rings. The summed E-state index contributed by atoms with van der Waals surface area (Å²) in [4.78, 5) is 44.0. The van der Waals surface area contributed by atoms with E-state index in [1.165, 1.54) is 0 Å². The maximum absolute atomic E-state index is 13.8. The van der Waals surface area contributed by atoms with Crippen LogP contribution in [0, 0.1) is 6.92 Å². The van der Waals surface area contributed by atoms with E-state index in [1.54, 1.807) is 11.1 Å². The number of hydrogen-bond donors (Lipinski definition) is 1. The normalized spacial score (nSPS) is 15.7. The fourth-order valence-corrected chi connectivity index (χ4v) is 5.77. The lowest BCUT2D eigenvalue weighted by atomic mass is 10.0. The summed E-state index contributed by atoms with van der Waals surface area (Å²) < 4.78 is 12.8. The van der Waals surface area contributed by atoms with Crippen LogP contribution in [0.5, 0.6) is 0 Å². The number of ether oxygens (including phenoxy) is 2. The molecule has 224 valence electrons. The first-order valence-corrected chi connectivity index (χ1v) is 15.0. The van der Waals surface area contributed by atoms with Gasteiger partial charge in [0, 0.05) is 43.8 Å². The molecule has 3 aromatic heterocycles. The molecular weight excluding hydrogens is 534 g/mol. The molecule has 0 aromatic carbocycles. The molecule has 11 heteroatoms. The van der Waals surface area contributed by atoms with Crippen molar-refractivity contribution in [2.24, 2.45) is 0 Å². The van der Waals surface area contributed by atoms with Gasteiger partial charge in [0.2, 0.25) is 5.95 Å². The first kappa shape index (κ1) is 29.3. The molecule has 42 heavy (non-hydrogen) atoms. The number of piperazine rings is 1. The van der Waals surface area contributed by atoms with Crippen molar-refractivity contribution >= 4 is 40.3 Å². The molecule has 3 aromatic rings. The molecule has 0 bridgehead atoms. The average molecular weight is 576 g/mol. The molecule has 5 rings (SSSR count). The number of nitrogens with zero attached hydrogens (tertiary/aromatic N) is 6. The van der Waals surface area contributed by atoms with Crippen LogP contribution in [0.25, 0.3) is 16.8 Å². The van der Waals surface area contributed by atoms with Gasteiger partial charge in [0.1, 0.15) is 17.2 Å². The Morgan fingerprint density at radius 2 is 1.83 bits per heavy atom. The number of anilines is 3. The second-order valence-corrected chi connectivity index (χ2v) is 10.9. The highest BCUT2D eigenvalue weighted by Gasteiger charge is 2.26. The molecule has 4 heterocycles. The summed E-state index contributed by atoms with van der Waals surface area (Å²) in [5.41, 5.74) is 2.73. The predicted molar refractivity (Wildman–Crippen MR) is 164 cm³/mol. The summed E-state index contributed by atoms with van der Waals surface area (Å²) in [7, 11) is 0. The van der Waals surface area contributed by atoms with Crippen LogP contribution in [-0.2, 0) is 9.47 Å². The fraction of sp³-hybridized carbons (Fsp3) is 0.516. The molecule has 1 saturated heterocycles. The zero-order chi connectivity index (χ0) is 29.6. The van der Waals surface area contributed by atoms with Crippen molar-refractivity contribution in [2.45, 2.75) is 65.3 Å². The molecule has 0 unspecified atom stereocenters. The third kappa shape index (κ3) is 6.19. The van der Waals surface area contributed by atoms with E-state index in [1.807, 2.05) is 36.7 Å². The minimum Gasteiger partial charge on any atom is -0.494 e. The van der Waals surface area contributed by atoms with Crippen LogP contribution in [0.1, 0.15) is 69.5 Å². The lowest BCUT2D eigenvalue weighted by Gasteiger charge is -2.35. The number of carbonyl (C=O) groups is 1. The number of nitrogens with one attached hydrogen (secondary N) is 1. The van der Waals surface area contributed by atoms with Gasteiger partial charge < -0.3 is 24.6 Å². The SMILES string of the molecule is C=C(OCC)c1c(C)c2cnc(Nc3ccc(N4CCN(C(=O)OCCCC)CC4)cn3)nc2n(C2CCCC2)c1=O. The van der Waals surface area contributed by atoms with Crippen molar-refractivity contribution < 1.29 is 14.3 Å². The third-order valence-electron chi connectivity index (χ3n) is 8.11. The number of hydrogen-bond acceptors (Lipinski definition) is 9. The highest BCUT2D eigenvalue weighted by molar-refractivity contribution is 5.84. The summed E-state index contributed by atoms with van der Waals surface area (Å²) in [6, 6.07) is 3.96. The molecule has 1 aliphatic carbocycles. The Kier molecular flexibility index (Phi) is 9.24. The third-order valence-corrected chi connectivity index (χ3v) is 8.11. The minimum atomic E-state index is -0.236. The minimum absolute atomic E-state index is 0.0765. The maximum atomic E-state index is 13.8. The molecule has 2 aliphatic rings. The number of carbonyl (C=O) groups excluding carboxylic acids is 1. The maximum Gasteiger partial charge on any atom is 0.409 e. The topological polar surface area (TPSA) is 115 Å². The number of rotatable bonds is 10. The van der Waals surface area contributed by atoms with Crippen molar-refractivity contribution in [3.05, 3.63) is 52.6 Å². The lowest BCUT2D eigenvalue weighted by molar-refractivity contribution is 0.0989. The van der Waals surface area contributed by atoms with Crippen LogP contribution in [0.3, 0.4) is 0 Å². The Labute approximate surface area is 246 Å². The van der Waals surface area contributed by atoms with Crippen LogP contribution >= 0.6 is 0 Å². The largest absolute Gasteiger partial charge is 0.494 e. The Balaban J connectivity index is 1.32. The van der Waals surface area contributed by atoms with Crippen molar-refractivity contribution in [3.63, 3.8) is 0 Å². The van der Waals surface area contributed by atoms with Crippen LogP contribution in [-0.4, -0.2) is 69.9 Å². The number of pyridine rings is 2. The van der Waals surface area contributed by atoms with Crippen LogP contribution in [0.4, 0.5) is 22.2 Å². The molecule has 0 spiro atoms. The zero-order valence-electron chi connectivity index (χ0n) is 24.9. The smallest absolute Gasteiger partial charge is 0.409 e. The van der Waals surface area contributed by atoms with Crippen LogP contribution in [0.2, 0.25) is 0 Å². The van der Waals surface area contributed by atoms with E-state index in [0.717, 1.165) is 55.2 Å². The first-order chi connectivity index (χ1) is 20.4. The van der Waals surface area contributed by atoms with E-state index in [0.29, 0.717) is 68.1 Å². The quantitative estimate of drug-likeness (QED) is 0.250. The van der Waals surface area contributed by atoms with Crippen LogP contribution < -0.4 is 15.8 Å². The van der Waals surface area contributed by atoms with E-state index in [-0.39, 0.29) is 17.7 Å². The van der Waals surface area contributed by atoms with Gasteiger partial charge in [-0.05, 0) is 50.8 Å². The number of fused-ring (bicyclic) bond motifs is 1. The second kappa shape index (κ2) is 13.2. The highest BCUT2D eigenvalue weighted by atomic mass is 16.6. The van der Waals surface area contributed by atoms with Crippen LogP contribution in [0.15, 0.2) is 35.9 Å². The second-order valence-electron chi connectivity index (χ2n) is 10.9. The standard InChI is InChI=1S/C31H41N7O4/c1-5-7-18-42-31(40)37-16-14-36(15-17-37)24-12-13-26(32-19-24)34-30-33-20-25-21(3)27(22(4)41-6-2)29(39)38(28(25)35-30)23-10-8-9-11-23/h12-13,19-20,23H,4-11,14-18H2,1-3H3,(H,32,33,34,35). The monoisotopic (exact) mass is 575 g/mol. The number of aromatic nitrogens is 4. The molecule has 1 saturated carbocycles. The van der Waals surface area contributed by atoms with E-state index < -0.39 is 0 Å². The Bertz CT molecular complexity index is 1470. The van der Waals surface area contributed by atoms with E-state index in [4.69, 9.17) is 14.5 Å². The lowest BCUT2D eigenvalue weighted by Crippen LogP contribution is -2.49. The van der Waals surface area contributed by atoms with Gasteiger partial charge in [-0.3, -0.25) is 9.36 Å². The Morgan fingerprint density at radius 3 is 2.50 bits per heavy atom. The zero-order valence-corrected chi connectivity index (χ0v) is 24.9. The average Bonchev–Trinajstić information content (AvgIpc) is 3.52. The molecule has 0 radical (unpaired) electrons. The molecule has 1 amide bonds. The van der Waals surface area contributed by atoms with Crippen molar-refractivity contribution in [1.82, 2.24) is 24.4 Å². The van der Waals surface area contributed by atoms with Gasteiger partial charge in [0.25, 0.3) is 5.56 Å². The summed E-state index contributed by atoms with van der Waals surface area (Å²) in [5, 5.41) is 4.01. The van der Waals surface area contributed by atoms with Gasteiger partial charge in [-0.2, -0.15) is 4.98 Å². The highest BCUT2D eigenvalue weighted by Crippen LogP contribution is 2.33. The Hall–Kier alpha value is -4.15. The van der Waals surface area contributed by atoms with Gasteiger partial charge in [-0.1, -0.05) is 32.8 Å². The van der Waals surface area contributed by atoms with Gasteiger partial charge >= 0.3 is 6.09 Å². The summed E-state index contributed by atoms with van der Waals surface area (Å²) in [6.07, 6.45) is 9.24. The summed E-state index contributed by atoms with van der Waals surface area (Å²) in [5.74, 6) is 1.36. The van der Waals surface area contributed by atoms with E-state index in [9.17, 15) is 9.59 Å². The fourth-order valence-electron chi connectivity index (χ4n) is 5.77. The molecule has 0 atom stereocenters. The van der Waals surface area contributed by atoms with Gasteiger partial charge in [0.05, 0.1) is 30.7 Å². The van der Waals surface area contributed by atoms with E-state index >= 15 is 0 Å². The summed E-state index contributed by atoms with van der Waals surface area (Å²) in [6.45, 7) is 13.4. The van der Waals surface area contributed by atoms with Crippen molar-refractivity contribution in [3.8, 4) is 0 Å². The van der Waals surface area contributed by atoms with Gasteiger partial charge in [0.15, 0.2) is 0 Å².